The molecule has 0 spiro atoms. The molecule has 0 aliphatic carbocycles. The Morgan fingerprint density at radius 1 is 1.38 bits per heavy atom. The van der Waals surface area contributed by atoms with Crippen LogP contribution in [0.3, 0.4) is 0 Å². The Morgan fingerprint density at radius 2 is 1.92 bits per heavy atom. The van der Waals surface area contributed by atoms with Crippen LogP contribution < -0.4 is 0 Å². The molecule has 74 valence electrons. The van der Waals surface area contributed by atoms with E-state index in [1.165, 1.54) is 0 Å². The Morgan fingerprint density at radius 3 is 2.23 bits per heavy atom. The lowest BCUT2D eigenvalue weighted by atomic mass is 10.0. The summed E-state index contributed by atoms with van der Waals surface area (Å²) in [6.45, 7) is 7.18. The second kappa shape index (κ2) is 6.54. The van der Waals surface area contributed by atoms with Gasteiger partial charge in [-0.2, -0.15) is 0 Å². The fourth-order valence-electron chi connectivity index (χ4n) is 1.35. The Balaban J connectivity index is 4.26. The van der Waals surface area contributed by atoms with Crippen LogP contribution in [0.25, 0.3) is 0 Å². The Bertz CT molecular complexity index is 189. The maximum atomic E-state index is 11.8. The van der Waals surface area contributed by atoms with E-state index in [9.17, 15) is 4.79 Å². The van der Waals surface area contributed by atoms with Crippen molar-refractivity contribution in [3.63, 3.8) is 0 Å². The molecule has 2 nitrogen and oxygen atoms in total. The largest absolute Gasteiger partial charge is 0.332 e. The zero-order valence-corrected chi connectivity index (χ0v) is 8.84. The highest BCUT2D eigenvalue weighted by molar-refractivity contribution is 5.78. The van der Waals surface area contributed by atoms with Crippen LogP contribution in [0.2, 0.25) is 0 Å². The molecule has 0 N–H and O–H groups in total. The van der Waals surface area contributed by atoms with E-state index < -0.39 is 0 Å². The van der Waals surface area contributed by atoms with Gasteiger partial charge >= 0.3 is 0 Å². The topological polar surface area (TPSA) is 20.3 Å². The quantitative estimate of drug-likeness (QED) is 0.593. The van der Waals surface area contributed by atoms with E-state index in [0.29, 0.717) is 13.1 Å². The summed E-state index contributed by atoms with van der Waals surface area (Å²) in [5.41, 5.74) is 0. The number of rotatable bonds is 5. The van der Waals surface area contributed by atoms with Crippen LogP contribution in [-0.4, -0.2) is 23.9 Å². The minimum atomic E-state index is 0.147. The molecule has 0 saturated heterocycles. The molecule has 1 amide bonds. The van der Waals surface area contributed by atoms with Crippen LogP contribution in [-0.2, 0) is 4.79 Å². The first kappa shape index (κ1) is 12.0. The molecular weight excluding hydrogens is 162 g/mol. The van der Waals surface area contributed by atoms with Gasteiger partial charge in [-0.05, 0) is 19.8 Å². The summed E-state index contributed by atoms with van der Waals surface area (Å²) in [6, 6.07) is 0. The summed E-state index contributed by atoms with van der Waals surface area (Å²) < 4.78 is 0. The average Bonchev–Trinajstić information content (AvgIpc) is 2.15. The predicted octanol–water partition coefficient (Wildman–Crippen LogP) is 1.90. The van der Waals surface area contributed by atoms with E-state index in [0.717, 1.165) is 12.8 Å². The highest BCUT2D eigenvalue weighted by Gasteiger charge is 2.18. The lowest BCUT2D eigenvalue weighted by molar-refractivity contribution is -0.134. The summed E-state index contributed by atoms with van der Waals surface area (Å²) in [4.78, 5) is 13.5. The smallest absolute Gasteiger partial charge is 0.226 e. The van der Waals surface area contributed by atoms with Gasteiger partial charge in [0.05, 0.1) is 6.54 Å². The first-order valence-electron chi connectivity index (χ1n) is 4.93. The van der Waals surface area contributed by atoms with Crippen LogP contribution >= 0.6 is 0 Å². The van der Waals surface area contributed by atoms with Gasteiger partial charge in [0.25, 0.3) is 0 Å². The van der Waals surface area contributed by atoms with Gasteiger partial charge < -0.3 is 4.90 Å². The van der Waals surface area contributed by atoms with Gasteiger partial charge in [0.15, 0.2) is 0 Å². The van der Waals surface area contributed by atoms with Crippen molar-refractivity contribution in [1.29, 1.82) is 0 Å². The van der Waals surface area contributed by atoms with E-state index in [4.69, 9.17) is 6.42 Å². The zero-order chi connectivity index (χ0) is 10.3. The first-order chi connectivity index (χ1) is 6.21. The zero-order valence-electron chi connectivity index (χ0n) is 8.84. The molecular formula is C11H19NO. The molecule has 2 heteroatoms. The molecule has 0 saturated carbocycles. The minimum Gasteiger partial charge on any atom is -0.332 e. The highest BCUT2D eigenvalue weighted by atomic mass is 16.2. The van der Waals surface area contributed by atoms with Gasteiger partial charge in [-0.15, -0.1) is 6.42 Å². The summed E-state index contributed by atoms with van der Waals surface area (Å²) in [5, 5.41) is 0. The van der Waals surface area contributed by atoms with Gasteiger partial charge in [0.2, 0.25) is 5.91 Å². The van der Waals surface area contributed by atoms with E-state index in [-0.39, 0.29) is 11.8 Å². The fraction of sp³-hybridized carbons (Fsp3) is 0.727. The third-order valence-corrected chi connectivity index (χ3v) is 2.31. The third-order valence-electron chi connectivity index (χ3n) is 2.31. The molecule has 0 fully saturated rings. The third kappa shape index (κ3) is 3.50. The normalized spacial score (nSPS) is 9.77. The molecule has 13 heavy (non-hydrogen) atoms. The summed E-state index contributed by atoms with van der Waals surface area (Å²) >= 11 is 0. The van der Waals surface area contributed by atoms with Crippen molar-refractivity contribution in [3.8, 4) is 12.3 Å². The number of hydrogen-bond acceptors (Lipinski definition) is 1. The maximum Gasteiger partial charge on any atom is 0.226 e. The van der Waals surface area contributed by atoms with E-state index in [1.54, 1.807) is 4.90 Å². The van der Waals surface area contributed by atoms with Crippen LogP contribution in [0, 0.1) is 18.3 Å². The molecule has 0 aliphatic heterocycles. The maximum absolute atomic E-state index is 11.8. The van der Waals surface area contributed by atoms with Crippen molar-refractivity contribution in [2.24, 2.45) is 5.92 Å². The molecule has 0 rings (SSSR count). The van der Waals surface area contributed by atoms with Crippen molar-refractivity contribution in [1.82, 2.24) is 4.90 Å². The van der Waals surface area contributed by atoms with Crippen molar-refractivity contribution < 1.29 is 4.79 Å². The van der Waals surface area contributed by atoms with E-state index in [2.05, 4.69) is 5.92 Å². The highest BCUT2D eigenvalue weighted by Crippen LogP contribution is 2.11. The molecule has 0 aliphatic rings. The molecule has 0 aromatic heterocycles. The van der Waals surface area contributed by atoms with Crippen molar-refractivity contribution in [2.75, 3.05) is 13.1 Å². The van der Waals surface area contributed by atoms with Gasteiger partial charge in [-0.1, -0.05) is 19.8 Å². The number of nitrogens with zero attached hydrogens (tertiary/aromatic N) is 1. The Labute approximate surface area is 81.3 Å². The van der Waals surface area contributed by atoms with E-state index in [1.807, 2.05) is 20.8 Å². The number of carbonyl (C=O) groups is 1. The molecule has 0 aromatic carbocycles. The average molecular weight is 181 g/mol. The van der Waals surface area contributed by atoms with Crippen molar-refractivity contribution in [2.45, 2.75) is 33.6 Å². The van der Waals surface area contributed by atoms with Gasteiger partial charge in [0, 0.05) is 12.5 Å². The molecule has 0 radical (unpaired) electrons. The summed E-state index contributed by atoms with van der Waals surface area (Å²) in [5.74, 6) is 2.85. The molecule has 0 unspecified atom stereocenters. The van der Waals surface area contributed by atoms with Crippen molar-refractivity contribution in [3.05, 3.63) is 0 Å². The molecule has 0 bridgehead atoms. The summed E-state index contributed by atoms with van der Waals surface area (Å²) in [7, 11) is 0. The van der Waals surface area contributed by atoms with Gasteiger partial charge in [-0.3, -0.25) is 4.79 Å². The predicted molar refractivity (Wildman–Crippen MR) is 55.2 cm³/mol. The Kier molecular flexibility index (Phi) is 6.05. The first-order valence-corrected chi connectivity index (χ1v) is 4.93. The van der Waals surface area contributed by atoms with Crippen molar-refractivity contribution >= 4 is 5.91 Å². The SMILES string of the molecule is C#CCN(CC)C(=O)C(CC)CC. The van der Waals surface area contributed by atoms with Gasteiger partial charge in [-0.25, -0.2) is 0 Å². The lowest BCUT2D eigenvalue weighted by Crippen LogP contribution is -2.35. The van der Waals surface area contributed by atoms with E-state index >= 15 is 0 Å². The molecule has 0 aromatic rings. The van der Waals surface area contributed by atoms with Gasteiger partial charge in [0.1, 0.15) is 0 Å². The molecule has 0 atom stereocenters. The monoisotopic (exact) mass is 181 g/mol. The number of terminal acetylenes is 1. The summed E-state index contributed by atoms with van der Waals surface area (Å²) in [6.07, 6.45) is 6.98. The second-order valence-corrected chi connectivity index (χ2v) is 3.07. The molecule has 0 heterocycles. The number of carbonyl (C=O) groups excluding carboxylic acids is 1. The van der Waals surface area contributed by atoms with Crippen LogP contribution in [0.5, 0.6) is 0 Å². The van der Waals surface area contributed by atoms with Crippen LogP contribution in [0.1, 0.15) is 33.6 Å². The second-order valence-electron chi connectivity index (χ2n) is 3.07. The van der Waals surface area contributed by atoms with Crippen LogP contribution in [0.15, 0.2) is 0 Å². The Hall–Kier alpha value is -0.970. The van der Waals surface area contributed by atoms with Crippen LogP contribution in [0.4, 0.5) is 0 Å². The number of amides is 1. The lowest BCUT2D eigenvalue weighted by Gasteiger charge is -2.22. The number of hydrogen-bond donors (Lipinski definition) is 0. The minimum absolute atomic E-state index is 0.147. The fourth-order valence-corrected chi connectivity index (χ4v) is 1.35. The standard InChI is InChI=1S/C11H19NO/c1-5-9-12(8-4)11(13)10(6-2)7-3/h1,10H,6-9H2,2-4H3.